The summed E-state index contributed by atoms with van der Waals surface area (Å²) in [4.78, 5) is 9.58. The molecule has 2 N–H and O–H groups in total. The van der Waals surface area contributed by atoms with Gasteiger partial charge in [-0.25, -0.2) is 9.97 Å². The van der Waals surface area contributed by atoms with Crippen molar-refractivity contribution in [2.75, 3.05) is 12.3 Å². The highest BCUT2D eigenvalue weighted by Gasteiger charge is 2.40. The zero-order chi connectivity index (χ0) is 14.9. The number of rotatable bonds is 4. The third-order valence-corrected chi connectivity index (χ3v) is 5.99. The van der Waals surface area contributed by atoms with E-state index in [1.54, 1.807) is 0 Å². The molecule has 0 aliphatic heterocycles. The van der Waals surface area contributed by atoms with E-state index in [1.165, 1.54) is 44.2 Å². The van der Waals surface area contributed by atoms with Crippen LogP contribution in [0.15, 0.2) is 0 Å². The van der Waals surface area contributed by atoms with Gasteiger partial charge in [0.2, 0.25) is 0 Å². The molecule has 3 rings (SSSR count). The fourth-order valence-electron chi connectivity index (χ4n) is 3.81. The van der Waals surface area contributed by atoms with Crippen molar-refractivity contribution < 1.29 is 4.74 Å². The minimum Gasteiger partial charge on any atom is -0.383 e. The molecule has 0 saturated heterocycles. The molecule has 0 amide bonds. The van der Waals surface area contributed by atoms with Gasteiger partial charge in [-0.2, -0.15) is 0 Å². The number of aromatic nitrogens is 2. The van der Waals surface area contributed by atoms with Crippen molar-refractivity contribution in [2.45, 2.75) is 69.8 Å². The lowest BCUT2D eigenvalue weighted by atomic mass is 9.99. The maximum Gasteiger partial charge on any atom is 0.162 e. The number of ether oxygens (including phenoxy) is 1. The molecule has 4 nitrogen and oxygen atoms in total. The first kappa shape index (κ1) is 15.5. The highest BCUT2D eigenvalue weighted by atomic mass is 127. The van der Waals surface area contributed by atoms with Crippen LogP contribution in [0.1, 0.15) is 75.7 Å². The normalized spacial score (nSPS) is 22.0. The average Bonchev–Trinajstić information content (AvgIpc) is 3.13. The second-order valence-electron chi connectivity index (χ2n) is 6.25. The molecule has 1 aromatic heterocycles. The van der Waals surface area contributed by atoms with Crippen LogP contribution in [0.2, 0.25) is 0 Å². The topological polar surface area (TPSA) is 61.0 Å². The molecule has 5 heteroatoms. The first-order valence-electron chi connectivity index (χ1n) is 8.13. The van der Waals surface area contributed by atoms with Gasteiger partial charge in [-0.15, -0.1) is 0 Å². The standard InChI is InChI=1S/C16H24IN3O/c1-2-21-16(9-5-6-10-16)15-19-13(11-7-3-4-8-11)12(17)14(18)20-15/h11H,2-10H2,1H3,(H2,18,19,20). The molecular formula is C16H24IN3O. The van der Waals surface area contributed by atoms with Gasteiger partial charge >= 0.3 is 0 Å². The molecule has 2 fully saturated rings. The van der Waals surface area contributed by atoms with Crippen molar-refractivity contribution in [3.63, 3.8) is 0 Å². The number of nitrogen functional groups attached to an aromatic ring is 1. The maximum absolute atomic E-state index is 6.20. The van der Waals surface area contributed by atoms with Gasteiger partial charge in [0.25, 0.3) is 0 Å². The Morgan fingerprint density at radius 2 is 1.86 bits per heavy atom. The van der Waals surface area contributed by atoms with Crippen LogP contribution in [-0.2, 0) is 10.3 Å². The molecule has 1 heterocycles. The quantitative estimate of drug-likeness (QED) is 0.771. The fraction of sp³-hybridized carbons (Fsp3) is 0.750. The van der Waals surface area contributed by atoms with Crippen molar-refractivity contribution in [1.82, 2.24) is 9.97 Å². The monoisotopic (exact) mass is 401 g/mol. The summed E-state index contributed by atoms with van der Waals surface area (Å²) in [5.74, 6) is 2.02. The first-order valence-corrected chi connectivity index (χ1v) is 9.21. The Labute approximate surface area is 140 Å². The molecule has 0 bridgehead atoms. The van der Waals surface area contributed by atoms with Crippen LogP contribution in [0.25, 0.3) is 0 Å². The third kappa shape index (κ3) is 2.91. The lowest BCUT2D eigenvalue weighted by Gasteiger charge is -2.28. The summed E-state index contributed by atoms with van der Waals surface area (Å²) in [5, 5.41) is 0. The highest BCUT2D eigenvalue weighted by molar-refractivity contribution is 14.1. The molecule has 0 unspecified atom stereocenters. The summed E-state index contributed by atoms with van der Waals surface area (Å²) >= 11 is 2.31. The number of nitrogens with two attached hydrogens (primary N) is 1. The van der Waals surface area contributed by atoms with Crippen LogP contribution in [0.5, 0.6) is 0 Å². The van der Waals surface area contributed by atoms with E-state index in [4.69, 9.17) is 15.5 Å². The second-order valence-corrected chi connectivity index (χ2v) is 7.33. The Morgan fingerprint density at radius 1 is 1.19 bits per heavy atom. The van der Waals surface area contributed by atoms with Crippen LogP contribution in [0.3, 0.4) is 0 Å². The summed E-state index contributed by atoms with van der Waals surface area (Å²) < 4.78 is 7.15. The van der Waals surface area contributed by atoms with Gasteiger partial charge in [-0.05, 0) is 68.0 Å². The van der Waals surface area contributed by atoms with Crippen molar-refractivity contribution in [1.29, 1.82) is 0 Å². The summed E-state index contributed by atoms with van der Waals surface area (Å²) in [5.41, 5.74) is 7.07. The zero-order valence-electron chi connectivity index (χ0n) is 12.7. The van der Waals surface area contributed by atoms with E-state index in [9.17, 15) is 0 Å². The smallest absolute Gasteiger partial charge is 0.162 e. The van der Waals surface area contributed by atoms with E-state index in [0.717, 1.165) is 22.2 Å². The predicted octanol–water partition coefficient (Wildman–Crippen LogP) is 4.13. The van der Waals surface area contributed by atoms with Gasteiger partial charge < -0.3 is 10.5 Å². The Morgan fingerprint density at radius 3 is 2.48 bits per heavy atom. The number of halogens is 1. The average molecular weight is 401 g/mol. The van der Waals surface area contributed by atoms with E-state index in [0.29, 0.717) is 18.3 Å². The fourth-order valence-corrected chi connectivity index (χ4v) is 4.49. The van der Waals surface area contributed by atoms with Crippen LogP contribution in [-0.4, -0.2) is 16.6 Å². The lowest BCUT2D eigenvalue weighted by Crippen LogP contribution is -2.30. The first-order chi connectivity index (χ1) is 10.2. The van der Waals surface area contributed by atoms with Gasteiger partial charge in [-0.1, -0.05) is 12.8 Å². The second kappa shape index (κ2) is 6.36. The van der Waals surface area contributed by atoms with E-state index in [2.05, 4.69) is 27.6 Å². The van der Waals surface area contributed by atoms with Crippen molar-refractivity contribution in [3.05, 3.63) is 15.1 Å². The molecule has 0 aromatic carbocycles. The van der Waals surface area contributed by atoms with Crippen molar-refractivity contribution in [3.8, 4) is 0 Å². The summed E-state index contributed by atoms with van der Waals surface area (Å²) in [6, 6.07) is 0. The lowest BCUT2D eigenvalue weighted by molar-refractivity contribution is -0.0458. The van der Waals surface area contributed by atoms with E-state index >= 15 is 0 Å². The van der Waals surface area contributed by atoms with Gasteiger partial charge in [0.1, 0.15) is 11.4 Å². The number of hydrogen-bond acceptors (Lipinski definition) is 4. The number of hydrogen-bond donors (Lipinski definition) is 1. The van der Waals surface area contributed by atoms with Crippen LogP contribution in [0, 0.1) is 3.57 Å². The molecule has 2 aliphatic rings. The Kier molecular flexibility index (Phi) is 4.69. The third-order valence-electron chi connectivity index (χ3n) is 4.88. The van der Waals surface area contributed by atoms with Crippen molar-refractivity contribution in [2.24, 2.45) is 0 Å². The molecule has 2 saturated carbocycles. The van der Waals surface area contributed by atoms with Gasteiger partial charge in [0, 0.05) is 12.5 Å². The minimum atomic E-state index is -0.291. The molecule has 0 radical (unpaired) electrons. The Bertz CT molecular complexity index is 508. The van der Waals surface area contributed by atoms with E-state index in [1.807, 2.05) is 6.92 Å². The van der Waals surface area contributed by atoms with Gasteiger partial charge in [0.15, 0.2) is 5.82 Å². The molecule has 116 valence electrons. The summed E-state index contributed by atoms with van der Waals surface area (Å²) in [6.45, 7) is 2.75. The molecule has 0 atom stereocenters. The Hall–Kier alpha value is -0.430. The van der Waals surface area contributed by atoms with Crippen LogP contribution >= 0.6 is 22.6 Å². The van der Waals surface area contributed by atoms with E-state index in [-0.39, 0.29) is 5.60 Å². The summed E-state index contributed by atoms with van der Waals surface area (Å²) in [6.07, 6.45) is 9.48. The molecule has 21 heavy (non-hydrogen) atoms. The molecule has 1 aromatic rings. The van der Waals surface area contributed by atoms with Gasteiger partial charge in [-0.3, -0.25) is 0 Å². The number of anilines is 1. The predicted molar refractivity (Wildman–Crippen MR) is 92.1 cm³/mol. The zero-order valence-corrected chi connectivity index (χ0v) is 14.9. The van der Waals surface area contributed by atoms with Crippen molar-refractivity contribution >= 4 is 28.4 Å². The highest BCUT2D eigenvalue weighted by Crippen LogP contribution is 2.43. The maximum atomic E-state index is 6.20. The minimum absolute atomic E-state index is 0.291. The van der Waals surface area contributed by atoms with E-state index < -0.39 is 0 Å². The molecule has 0 spiro atoms. The Balaban J connectivity index is 2.02. The molecule has 2 aliphatic carbocycles. The molecular weight excluding hydrogens is 377 g/mol. The largest absolute Gasteiger partial charge is 0.383 e. The van der Waals surface area contributed by atoms with Crippen LogP contribution < -0.4 is 5.73 Å². The SMILES string of the molecule is CCOC1(c2nc(N)c(I)c(C3CCCC3)n2)CCCC1. The van der Waals surface area contributed by atoms with Crippen LogP contribution in [0.4, 0.5) is 5.82 Å². The van der Waals surface area contributed by atoms with Gasteiger partial charge in [0.05, 0.1) is 9.26 Å². The number of nitrogens with zero attached hydrogens (tertiary/aromatic N) is 2. The summed E-state index contributed by atoms with van der Waals surface area (Å²) in [7, 11) is 0.